The number of hydrogen-bond donors (Lipinski definition) is 0. The highest BCUT2D eigenvalue weighted by molar-refractivity contribution is 5.92. The van der Waals surface area contributed by atoms with Crippen molar-refractivity contribution in [1.82, 2.24) is 14.5 Å². The minimum absolute atomic E-state index is 0.284. The van der Waals surface area contributed by atoms with Gasteiger partial charge in [-0.05, 0) is 24.6 Å². The molecule has 3 rings (SSSR count). The van der Waals surface area contributed by atoms with Crippen molar-refractivity contribution in [2.75, 3.05) is 7.11 Å². The van der Waals surface area contributed by atoms with E-state index < -0.39 is 5.97 Å². The predicted molar refractivity (Wildman–Crippen MR) is 90.1 cm³/mol. The van der Waals surface area contributed by atoms with Crippen LogP contribution in [-0.2, 0) is 18.2 Å². The molecule has 6 heteroatoms. The summed E-state index contributed by atoms with van der Waals surface area (Å²) >= 11 is 0. The second-order valence-electron chi connectivity index (χ2n) is 5.65. The number of ether oxygens (including phenoxy) is 2. The summed E-state index contributed by atoms with van der Waals surface area (Å²) in [5.41, 5.74) is 2.80. The van der Waals surface area contributed by atoms with Gasteiger partial charge in [0.1, 0.15) is 17.4 Å². The van der Waals surface area contributed by atoms with Crippen LogP contribution >= 0.6 is 0 Å². The van der Waals surface area contributed by atoms with Crippen LogP contribution in [-0.4, -0.2) is 33.7 Å². The van der Waals surface area contributed by atoms with Gasteiger partial charge in [-0.15, -0.1) is 0 Å². The van der Waals surface area contributed by atoms with Gasteiger partial charge in [0.25, 0.3) is 0 Å². The monoisotopic (exact) mass is 325 g/mol. The number of fused-ring (bicyclic) bond motifs is 1. The van der Waals surface area contributed by atoms with Gasteiger partial charge in [0.15, 0.2) is 5.65 Å². The lowest BCUT2D eigenvalue weighted by atomic mass is 10.1. The Morgan fingerprint density at radius 2 is 2.08 bits per heavy atom. The van der Waals surface area contributed by atoms with Crippen LogP contribution in [0.3, 0.4) is 0 Å². The normalized spacial score (nSPS) is 12.1. The van der Waals surface area contributed by atoms with Crippen molar-refractivity contribution in [1.29, 1.82) is 0 Å². The summed E-state index contributed by atoms with van der Waals surface area (Å²) in [6.07, 6.45) is 3.47. The maximum atomic E-state index is 12.3. The zero-order valence-electron chi connectivity index (χ0n) is 13.9. The van der Waals surface area contributed by atoms with E-state index in [1.54, 1.807) is 24.1 Å². The fourth-order valence-corrected chi connectivity index (χ4v) is 2.60. The highest BCUT2D eigenvalue weighted by Gasteiger charge is 2.16. The van der Waals surface area contributed by atoms with Gasteiger partial charge in [-0.1, -0.05) is 18.2 Å². The number of carbonyl (C=O) groups excluding carboxylic acids is 1. The molecule has 3 aromatic rings. The number of esters is 1. The molecule has 0 aliphatic heterocycles. The standard InChI is InChI=1S/C18H19N3O3/c1-12(8-13-6-4-5-7-16(13)23-3)24-18(22)14-9-15-17(19-10-14)21(2)11-20-15/h4-7,9-12H,8H2,1-3H3. The largest absolute Gasteiger partial charge is 0.496 e. The molecule has 0 saturated heterocycles. The highest BCUT2D eigenvalue weighted by Crippen LogP contribution is 2.20. The lowest BCUT2D eigenvalue weighted by Crippen LogP contribution is -2.18. The number of para-hydroxylation sites is 1. The van der Waals surface area contributed by atoms with Crippen molar-refractivity contribution >= 4 is 17.1 Å². The maximum Gasteiger partial charge on any atom is 0.340 e. The number of hydrogen-bond acceptors (Lipinski definition) is 5. The lowest BCUT2D eigenvalue weighted by molar-refractivity contribution is 0.0341. The van der Waals surface area contributed by atoms with E-state index in [1.807, 2.05) is 38.2 Å². The molecule has 24 heavy (non-hydrogen) atoms. The van der Waals surface area contributed by atoms with E-state index in [1.165, 1.54) is 6.20 Å². The molecule has 0 N–H and O–H groups in total. The first-order valence-corrected chi connectivity index (χ1v) is 7.68. The number of imidazole rings is 1. The number of rotatable bonds is 5. The van der Waals surface area contributed by atoms with E-state index in [2.05, 4.69) is 9.97 Å². The van der Waals surface area contributed by atoms with E-state index in [4.69, 9.17) is 9.47 Å². The third kappa shape index (κ3) is 3.22. The van der Waals surface area contributed by atoms with Crippen molar-refractivity contribution in [3.8, 4) is 5.75 Å². The molecule has 0 aliphatic rings. The van der Waals surface area contributed by atoms with Crippen LogP contribution in [0.2, 0.25) is 0 Å². The first-order valence-electron chi connectivity index (χ1n) is 7.68. The smallest absolute Gasteiger partial charge is 0.340 e. The summed E-state index contributed by atoms with van der Waals surface area (Å²) < 4.78 is 12.7. The van der Waals surface area contributed by atoms with E-state index in [9.17, 15) is 4.79 Å². The van der Waals surface area contributed by atoms with Crippen molar-refractivity contribution in [3.05, 3.63) is 54.0 Å². The Kier molecular flexibility index (Phi) is 4.46. The van der Waals surface area contributed by atoms with Crippen LogP contribution in [0.1, 0.15) is 22.8 Å². The number of pyridine rings is 1. The Morgan fingerprint density at radius 3 is 2.88 bits per heavy atom. The van der Waals surface area contributed by atoms with Crippen molar-refractivity contribution in [2.45, 2.75) is 19.4 Å². The Hall–Kier alpha value is -2.89. The molecule has 2 heterocycles. The minimum Gasteiger partial charge on any atom is -0.496 e. The topological polar surface area (TPSA) is 66.2 Å². The highest BCUT2D eigenvalue weighted by atomic mass is 16.5. The molecule has 0 radical (unpaired) electrons. The molecule has 1 unspecified atom stereocenters. The molecule has 0 fully saturated rings. The molecule has 0 saturated carbocycles. The van der Waals surface area contributed by atoms with Gasteiger partial charge in [0.2, 0.25) is 0 Å². The van der Waals surface area contributed by atoms with Gasteiger partial charge in [0, 0.05) is 19.7 Å². The van der Waals surface area contributed by atoms with Crippen LogP contribution < -0.4 is 4.74 Å². The van der Waals surface area contributed by atoms with Crippen LogP contribution in [0, 0.1) is 0 Å². The summed E-state index contributed by atoms with van der Waals surface area (Å²) in [5, 5.41) is 0. The third-order valence-corrected chi connectivity index (χ3v) is 3.80. The van der Waals surface area contributed by atoms with Gasteiger partial charge in [-0.3, -0.25) is 0 Å². The molecule has 2 aromatic heterocycles. The van der Waals surface area contributed by atoms with Gasteiger partial charge in [0.05, 0.1) is 19.0 Å². The van der Waals surface area contributed by atoms with Crippen molar-refractivity contribution < 1.29 is 14.3 Å². The van der Waals surface area contributed by atoms with E-state index in [-0.39, 0.29) is 6.10 Å². The summed E-state index contributed by atoms with van der Waals surface area (Å²) in [6, 6.07) is 9.39. The first-order chi connectivity index (χ1) is 11.6. The zero-order chi connectivity index (χ0) is 17.1. The quantitative estimate of drug-likeness (QED) is 0.675. The molecule has 0 bridgehead atoms. The van der Waals surface area contributed by atoms with Gasteiger partial charge in [-0.25, -0.2) is 14.8 Å². The maximum absolute atomic E-state index is 12.3. The summed E-state index contributed by atoms with van der Waals surface area (Å²) in [7, 11) is 3.49. The molecular formula is C18H19N3O3. The number of methoxy groups -OCH3 is 1. The number of carbonyl (C=O) groups is 1. The molecule has 1 aromatic carbocycles. The van der Waals surface area contributed by atoms with Crippen molar-refractivity contribution in [3.63, 3.8) is 0 Å². The fraction of sp³-hybridized carbons (Fsp3) is 0.278. The van der Waals surface area contributed by atoms with Crippen molar-refractivity contribution in [2.24, 2.45) is 7.05 Å². The molecule has 0 aliphatic carbocycles. The molecule has 0 amide bonds. The Bertz CT molecular complexity index is 873. The first kappa shape index (κ1) is 16.0. The summed E-state index contributed by atoms with van der Waals surface area (Å²) in [5.74, 6) is 0.384. The minimum atomic E-state index is -0.405. The second-order valence-corrected chi connectivity index (χ2v) is 5.65. The zero-order valence-corrected chi connectivity index (χ0v) is 13.9. The lowest BCUT2D eigenvalue weighted by Gasteiger charge is -2.15. The van der Waals surface area contributed by atoms with Crippen LogP contribution in [0.4, 0.5) is 0 Å². The number of aryl methyl sites for hydroxylation is 1. The molecular weight excluding hydrogens is 306 g/mol. The number of benzene rings is 1. The van der Waals surface area contributed by atoms with Crippen LogP contribution in [0.15, 0.2) is 42.9 Å². The molecule has 6 nitrogen and oxygen atoms in total. The van der Waals surface area contributed by atoms with E-state index in [0.717, 1.165) is 17.0 Å². The van der Waals surface area contributed by atoms with Gasteiger partial charge >= 0.3 is 5.97 Å². The van der Waals surface area contributed by atoms with E-state index in [0.29, 0.717) is 17.5 Å². The summed E-state index contributed by atoms with van der Waals surface area (Å²) in [4.78, 5) is 20.8. The second kappa shape index (κ2) is 6.70. The Morgan fingerprint density at radius 1 is 1.29 bits per heavy atom. The number of nitrogens with zero attached hydrogens (tertiary/aromatic N) is 3. The molecule has 1 atom stereocenters. The van der Waals surface area contributed by atoms with Gasteiger partial charge < -0.3 is 14.0 Å². The SMILES string of the molecule is COc1ccccc1CC(C)OC(=O)c1cnc2c(c1)ncn2C. The van der Waals surface area contributed by atoms with E-state index >= 15 is 0 Å². The Balaban J connectivity index is 1.70. The van der Waals surface area contributed by atoms with Crippen LogP contribution in [0.25, 0.3) is 11.2 Å². The average molecular weight is 325 g/mol. The summed E-state index contributed by atoms with van der Waals surface area (Å²) in [6.45, 7) is 1.86. The molecule has 124 valence electrons. The number of aromatic nitrogens is 3. The predicted octanol–water partition coefficient (Wildman–Crippen LogP) is 2.76. The Labute approximate surface area is 140 Å². The molecule has 0 spiro atoms. The van der Waals surface area contributed by atoms with Crippen LogP contribution in [0.5, 0.6) is 5.75 Å². The van der Waals surface area contributed by atoms with Gasteiger partial charge in [-0.2, -0.15) is 0 Å². The average Bonchev–Trinajstić information content (AvgIpc) is 2.96. The third-order valence-electron chi connectivity index (χ3n) is 3.80. The fourth-order valence-electron chi connectivity index (χ4n) is 2.60.